The van der Waals surface area contributed by atoms with Crippen molar-refractivity contribution in [3.05, 3.63) is 17.0 Å². The van der Waals surface area contributed by atoms with Gasteiger partial charge in [-0.2, -0.15) is 5.10 Å². The van der Waals surface area contributed by atoms with Crippen molar-refractivity contribution in [2.24, 2.45) is 5.92 Å². The van der Waals surface area contributed by atoms with E-state index >= 15 is 0 Å². The second kappa shape index (κ2) is 10.8. The zero-order valence-corrected chi connectivity index (χ0v) is 18.2. The van der Waals surface area contributed by atoms with Crippen LogP contribution in [0.2, 0.25) is 0 Å². The summed E-state index contributed by atoms with van der Waals surface area (Å²) in [6.07, 6.45) is 9.19. The fraction of sp³-hybridized carbons (Fsp3) is 0.818. The molecule has 27 heavy (non-hydrogen) atoms. The molecule has 1 heterocycles. The van der Waals surface area contributed by atoms with E-state index in [1.807, 2.05) is 0 Å². The molecule has 0 atom stereocenters. The van der Waals surface area contributed by atoms with Crippen LogP contribution in [-0.2, 0) is 17.8 Å². The molecule has 0 unspecified atom stereocenters. The number of hydrogen-bond acceptors (Lipinski definition) is 3. The van der Waals surface area contributed by atoms with Crippen LogP contribution in [-0.4, -0.2) is 46.8 Å². The van der Waals surface area contributed by atoms with Crippen molar-refractivity contribution in [2.75, 3.05) is 20.1 Å². The van der Waals surface area contributed by atoms with Gasteiger partial charge in [0.2, 0.25) is 5.91 Å². The highest BCUT2D eigenvalue weighted by Gasteiger charge is 2.17. The van der Waals surface area contributed by atoms with Crippen LogP contribution in [0, 0.1) is 19.8 Å². The highest BCUT2D eigenvalue weighted by Crippen LogP contribution is 2.21. The lowest BCUT2D eigenvalue weighted by Crippen LogP contribution is -2.35. The smallest absolute Gasteiger partial charge is 0.220 e. The molecule has 2 rings (SSSR count). The average Bonchev–Trinajstić information content (AvgIpc) is 2.90. The summed E-state index contributed by atoms with van der Waals surface area (Å²) in [5, 5.41) is 7.74. The Kier molecular flexibility index (Phi) is 8.81. The van der Waals surface area contributed by atoms with Crippen LogP contribution >= 0.6 is 0 Å². The highest BCUT2D eigenvalue weighted by atomic mass is 16.1. The minimum absolute atomic E-state index is 0.158. The molecule has 1 aromatic rings. The Morgan fingerprint density at radius 1 is 1.26 bits per heavy atom. The Morgan fingerprint density at radius 2 is 1.96 bits per heavy atom. The third kappa shape index (κ3) is 6.95. The SMILES string of the molecule is Cc1nn(CC(C)C)c(C)c1CCC(=O)NCCCN(C)C1CCCCC1. The molecular weight excluding hydrogens is 336 g/mol. The summed E-state index contributed by atoms with van der Waals surface area (Å²) in [7, 11) is 2.23. The van der Waals surface area contributed by atoms with Gasteiger partial charge in [0.15, 0.2) is 0 Å². The Morgan fingerprint density at radius 3 is 2.63 bits per heavy atom. The molecule has 154 valence electrons. The molecule has 0 bridgehead atoms. The number of aryl methyl sites for hydroxylation is 1. The van der Waals surface area contributed by atoms with E-state index < -0.39 is 0 Å². The molecule has 0 radical (unpaired) electrons. The van der Waals surface area contributed by atoms with E-state index in [9.17, 15) is 4.79 Å². The van der Waals surface area contributed by atoms with E-state index in [0.29, 0.717) is 12.3 Å². The summed E-state index contributed by atoms with van der Waals surface area (Å²) in [6, 6.07) is 0.753. The van der Waals surface area contributed by atoms with Gasteiger partial charge in [-0.25, -0.2) is 0 Å². The Bertz CT molecular complexity index is 587. The molecule has 0 saturated heterocycles. The zero-order valence-electron chi connectivity index (χ0n) is 18.2. The van der Waals surface area contributed by atoms with Crippen molar-refractivity contribution in [3.63, 3.8) is 0 Å². The largest absolute Gasteiger partial charge is 0.356 e. The van der Waals surface area contributed by atoms with Gasteiger partial charge < -0.3 is 10.2 Å². The van der Waals surface area contributed by atoms with Gasteiger partial charge in [0.1, 0.15) is 0 Å². The van der Waals surface area contributed by atoms with Crippen LogP contribution in [0.3, 0.4) is 0 Å². The summed E-state index contributed by atoms with van der Waals surface area (Å²) < 4.78 is 2.09. The van der Waals surface area contributed by atoms with E-state index in [1.54, 1.807) is 0 Å². The van der Waals surface area contributed by atoms with E-state index in [4.69, 9.17) is 0 Å². The predicted octanol–water partition coefficient (Wildman–Crippen LogP) is 3.86. The first-order valence-corrected chi connectivity index (χ1v) is 10.9. The van der Waals surface area contributed by atoms with Crippen LogP contribution in [0.25, 0.3) is 0 Å². The number of aromatic nitrogens is 2. The molecule has 0 aromatic carbocycles. The normalized spacial score (nSPS) is 15.7. The maximum absolute atomic E-state index is 12.2. The van der Waals surface area contributed by atoms with Gasteiger partial charge in [0.25, 0.3) is 0 Å². The second-order valence-corrected chi connectivity index (χ2v) is 8.70. The fourth-order valence-corrected chi connectivity index (χ4v) is 4.21. The predicted molar refractivity (Wildman–Crippen MR) is 112 cm³/mol. The van der Waals surface area contributed by atoms with Crippen LogP contribution in [0.4, 0.5) is 0 Å². The van der Waals surface area contributed by atoms with Crippen molar-refractivity contribution < 1.29 is 4.79 Å². The molecule has 0 aliphatic heterocycles. The highest BCUT2D eigenvalue weighted by molar-refractivity contribution is 5.76. The van der Waals surface area contributed by atoms with Crippen LogP contribution in [0.5, 0.6) is 0 Å². The molecule has 5 heteroatoms. The van der Waals surface area contributed by atoms with E-state index in [2.05, 4.69) is 54.7 Å². The topological polar surface area (TPSA) is 50.2 Å². The standard InChI is InChI=1S/C22H40N4O/c1-17(2)16-26-19(4)21(18(3)24-26)12-13-22(27)23-14-9-15-25(5)20-10-7-6-8-11-20/h17,20H,6-16H2,1-5H3,(H,23,27). The molecule has 1 aliphatic carbocycles. The summed E-state index contributed by atoms with van der Waals surface area (Å²) >= 11 is 0. The van der Waals surface area contributed by atoms with Crippen molar-refractivity contribution in [1.29, 1.82) is 0 Å². The number of nitrogens with zero attached hydrogens (tertiary/aromatic N) is 3. The zero-order chi connectivity index (χ0) is 19.8. The Hall–Kier alpha value is -1.36. The van der Waals surface area contributed by atoms with E-state index in [1.165, 1.54) is 43.4 Å². The summed E-state index contributed by atoms with van der Waals surface area (Å²) in [6.45, 7) is 11.4. The molecule has 1 amide bonds. The van der Waals surface area contributed by atoms with Crippen molar-refractivity contribution >= 4 is 5.91 Å². The fourth-order valence-electron chi connectivity index (χ4n) is 4.21. The second-order valence-electron chi connectivity index (χ2n) is 8.70. The minimum atomic E-state index is 0.158. The monoisotopic (exact) mass is 376 g/mol. The number of carbonyl (C=O) groups excluding carboxylic acids is 1. The lowest BCUT2D eigenvalue weighted by Gasteiger charge is -2.31. The first kappa shape index (κ1) is 21.9. The van der Waals surface area contributed by atoms with Gasteiger partial charge in [0.05, 0.1) is 5.69 Å². The lowest BCUT2D eigenvalue weighted by molar-refractivity contribution is -0.121. The quantitative estimate of drug-likeness (QED) is 0.631. The van der Waals surface area contributed by atoms with Gasteiger partial charge in [-0.15, -0.1) is 0 Å². The maximum atomic E-state index is 12.2. The van der Waals surface area contributed by atoms with E-state index in [0.717, 1.165) is 44.2 Å². The maximum Gasteiger partial charge on any atom is 0.220 e. The molecule has 1 aromatic heterocycles. The van der Waals surface area contributed by atoms with Crippen molar-refractivity contribution in [3.8, 4) is 0 Å². The van der Waals surface area contributed by atoms with Crippen molar-refractivity contribution in [2.45, 2.75) is 91.6 Å². The number of nitrogens with one attached hydrogen (secondary N) is 1. The number of carbonyl (C=O) groups is 1. The van der Waals surface area contributed by atoms with Crippen molar-refractivity contribution in [1.82, 2.24) is 20.0 Å². The minimum Gasteiger partial charge on any atom is -0.356 e. The first-order chi connectivity index (χ1) is 12.9. The number of hydrogen-bond donors (Lipinski definition) is 1. The molecule has 1 saturated carbocycles. The number of amides is 1. The Balaban J connectivity index is 1.67. The van der Waals surface area contributed by atoms with Gasteiger partial charge in [-0.3, -0.25) is 9.48 Å². The molecule has 1 N–H and O–H groups in total. The molecular formula is C22H40N4O. The van der Waals surface area contributed by atoms with Crippen LogP contribution in [0.15, 0.2) is 0 Å². The summed E-state index contributed by atoms with van der Waals surface area (Å²) in [5.74, 6) is 0.733. The van der Waals surface area contributed by atoms with Gasteiger partial charge >= 0.3 is 0 Å². The summed E-state index contributed by atoms with van der Waals surface area (Å²) in [4.78, 5) is 14.7. The first-order valence-electron chi connectivity index (χ1n) is 10.9. The molecule has 5 nitrogen and oxygen atoms in total. The third-order valence-corrected chi connectivity index (χ3v) is 5.88. The summed E-state index contributed by atoms with van der Waals surface area (Å²) in [5.41, 5.74) is 3.51. The van der Waals surface area contributed by atoms with Crippen LogP contribution in [0.1, 0.15) is 75.7 Å². The third-order valence-electron chi connectivity index (χ3n) is 5.88. The van der Waals surface area contributed by atoms with Crippen LogP contribution < -0.4 is 5.32 Å². The Labute approximate surface area is 165 Å². The molecule has 1 aliphatic rings. The molecule has 0 spiro atoms. The number of rotatable bonds is 10. The van der Waals surface area contributed by atoms with E-state index in [-0.39, 0.29) is 5.91 Å². The van der Waals surface area contributed by atoms with Gasteiger partial charge in [-0.1, -0.05) is 33.1 Å². The molecule has 1 fully saturated rings. The van der Waals surface area contributed by atoms with Gasteiger partial charge in [0, 0.05) is 31.2 Å². The average molecular weight is 377 g/mol. The van der Waals surface area contributed by atoms with Gasteiger partial charge in [-0.05, 0) is 64.6 Å². The lowest BCUT2D eigenvalue weighted by atomic mass is 9.94.